The van der Waals surface area contributed by atoms with Gasteiger partial charge in [-0.05, 0) is 48.7 Å². The average molecular weight is 237 g/mol. The Hall–Kier alpha value is -2.27. The zero-order valence-electron chi connectivity index (χ0n) is 10.6. The molecule has 2 aromatic rings. The second kappa shape index (κ2) is 5.37. The molecule has 0 saturated heterocycles. The minimum absolute atomic E-state index is 0.686. The summed E-state index contributed by atoms with van der Waals surface area (Å²) in [6.07, 6.45) is 0.936. The molecular weight excluding hydrogens is 222 g/mol. The van der Waals surface area contributed by atoms with E-state index in [4.69, 9.17) is 10.00 Å². The molecule has 0 unspecified atom stereocenters. The molecule has 0 bridgehead atoms. The highest BCUT2D eigenvalue weighted by Crippen LogP contribution is 2.26. The minimum Gasteiger partial charge on any atom is -0.457 e. The van der Waals surface area contributed by atoms with E-state index in [1.165, 1.54) is 5.56 Å². The highest BCUT2D eigenvalue weighted by atomic mass is 16.5. The Morgan fingerprint density at radius 1 is 1.17 bits per heavy atom. The highest BCUT2D eigenvalue weighted by Gasteiger charge is 2.04. The maximum Gasteiger partial charge on any atom is 0.130 e. The summed E-state index contributed by atoms with van der Waals surface area (Å²) in [5, 5.41) is 8.89. The van der Waals surface area contributed by atoms with Crippen molar-refractivity contribution >= 4 is 0 Å². The van der Waals surface area contributed by atoms with Crippen LogP contribution in [0.4, 0.5) is 0 Å². The van der Waals surface area contributed by atoms with E-state index in [0.717, 1.165) is 23.5 Å². The predicted molar refractivity (Wildman–Crippen MR) is 71.8 cm³/mol. The number of nitrogens with zero attached hydrogens (tertiary/aromatic N) is 1. The first kappa shape index (κ1) is 12.2. The number of hydrogen-bond donors (Lipinski definition) is 0. The molecule has 0 aliphatic rings. The van der Waals surface area contributed by atoms with Gasteiger partial charge in [0.1, 0.15) is 11.5 Å². The molecule has 0 aromatic heterocycles. The Morgan fingerprint density at radius 2 is 1.94 bits per heavy atom. The molecular formula is C16H15NO. The molecule has 0 saturated carbocycles. The van der Waals surface area contributed by atoms with E-state index in [0.29, 0.717) is 5.56 Å². The molecule has 2 nitrogen and oxygen atoms in total. The number of benzene rings is 2. The zero-order chi connectivity index (χ0) is 13.0. The normalized spacial score (nSPS) is 9.83. The topological polar surface area (TPSA) is 33.0 Å². The molecule has 0 N–H and O–H groups in total. The van der Waals surface area contributed by atoms with Gasteiger partial charge in [-0.1, -0.05) is 25.1 Å². The second-order valence-electron chi connectivity index (χ2n) is 4.15. The van der Waals surface area contributed by atoms with E-state index in [9.17, 15) is 0 Å². The van der Waals surface area contributed by atoms with E-state index < -0.39 is 0 Å². The fraction of sp³-hybridized carbons (Fsp3) is 0.188. The molecule has 0 aliphatic carbocycles. The van der Waals surface area contributed by atoms with Crippen LogP contribution in [0.15, 0.2) is 42.5 Å². The second-order valence-corrected chi connectivity index (χ2v) is 4.15. The first-order valence-corrected chi connectivity index (χ1v) is 6.01. The average Bonchev–Trinajstić information content (AvgIpc) is 2.39. The van der Waals surface area contributed by atoms with Crippen molar-refractivity contribution in [2.75, 3.05) is 0 Å². The van der Waals surface area contributed by atoms with Gasteiger partial charge in [-0.15, -0.1) is 0 Å². The lowest BCUT2D eigenvalue weighted by atomic mass is 10.1. The van der Waals surface area contributed by atoms with Gasteiger partial charge in [0.05, 0.1) is 11.6 Å². The zero-order valence-corrected chi connectivity index (χ0v) is 10.6. The van der Waals surface area contributed by atoms with Gasteiger partial charge in [0, 0.05) is 0 Å². The van der Waals surface area contributed by atoms with Crippen LogP contribution in [0, 0.1) is 18.3 Å². The summed E-state index contributed by atoms with van der Waals surface area (Å²) < 4.78 is 5.87. The van der Waals surface area contributed by atoms with Gasteiger partial charge < -0.3 is 4.74 Å². The Kier molecular flexibility index (Phi) is 3.64. The summed E-state index contributed by atoms with van der Waals surface area (Å²) in [6, 6.07) is 15.7. The van der Waals surface area contributed by atoms with Gasteiger partial charge >= 0.3 is 0 Å². The van der Waals surface area contributed by atoms with Crippen LogP contribution in [-0.4, -0.2) is 0 Å². The van der Waals surface area contributed by atoms with Crippen molar-refractivity contribution in [3.05, 3.63) is 59.2 Å². The van der Waals surface area contributed by atoms with Gasteiger partial charge in [-0.3, -0.25) is 0 Å². The number of para-hydroxylation sites is 1. The molecule has 2 rings (SSSR count). The quantitative estimate of drug-likeness (QED) is 0.800. The Balaban J connectivity index is 2.29. The molecule has 0 fully saturated rings. The van der Waals surface area contributed by atoms with Gasteiger partial charge in [-0.25, -0.2) is 0 Å². The molecule has 0 heterocycles. The van der Waals surface area contributed by atoms with E-state index in [1.54, 1.807) is 6.07 Å². The van der Waals surface area contributed by atoms with Crippen molar-refractivity contribution in [2.24, 2.45) is 0 Å². The van der Waals surface area contributed by atoms with Crippen LogP contribution in [0.25, 0.3) is 0 Å². The molecule has 0 spiro atoms. The van der Waals surface area contributed by atoms with Crippen LogP contribution in [0.3, 0.4) is 0 Å². The van der Waals surface area contributed by atoms with Gasteiger partial charge in [-0.2, -0.15) is 5.26 Å². The van der Waals surface area contributed by atoms with Crippen molar-refractivity contribution < 1.29 is 4.74 Å². The molecule has 90 valence electrons. The lowest BCUT2D eigenvalue weighted by Gasteiger charge is -2.10. The van der Waals surface area contributed by atoms with Crippen LogP contribution in [0.5, 0.6) is 11.5 Å². The van der Waals surface area contributed by atoms with E-state index in [2.05, 4.69) is 19.1 Å². The van der Waals surface area contributed by atoms with Crippen molar-refractivity contribution in [3.8, 4) is 17.6 Å². The summed E-state index contributed by atoms with van der Waals surface area (Å²) in [5.74, 6) is 1.65. The maximum absolute atomic E-state index is 8.89. The van der Waals surface area contributed by atoms with Crippen molar-refractivity contribution in [3.63, 3.8) is 0 Å². The minimum atomic E-state index is 0.686. The molecule has 0 radical (unpaired) electrons. The van der Waals surface area contributed by atoms with E-state index in [1.807, 2.05) is 37.3 Å². The lowest BCUT2D eigenvalue weighted by Crippen LogP contribution is -1.91. The van der Waals surface area contributed by atoms with Crippen LogP contribution >= 0.6 is 0 Å². The predicted octanol–water partition coefficient (Wildman–Crippen LogP) is 4.22. The number of nitriles is 1. The summed E-state index contributed by atoms with van der Waals surface area (Å²) >= 11 is 0. The summed E-state index contributed by atoms with van der Waals surface area (Å²) in [7, 11) is 0. The van der Waals surface area contributed by atoms with Gasteiger partial charge in [0.15, 0.2) is 0 Å². The van der Waals surface area contributed by atoms with E-state index in [-0.39, 0.29) is 0 Å². The molecule has 2 heteroatoms. The third kappa shape index (κ3) is 2.52. The SMILES string of the molecule is CCc1ccccc1Oc1ccc(C#N)c(C)c1. The first-order chi connectivity index (χ1) is 8.74. The summed E-state index contributed by atoms with van der Waals surface area (Å²) in [5.41, 5.74) is 2.80. The van der Waals surface area contributed by atoms with Crippen LogP contribution in [-0.2, 0) is 6.42 Å². The number of aryl methyl sites for hydroxylation is 2. The van der Waals surface area contributed by atoms with E-state index >= 15 is 0 Å². The number of ether oxygens (including phenoxy) is 1. The van der Waals surface area contributed by atoms with Crippen LogP contribution < -0.4 is 4.74 Å². The molecule has 0 amide bonds. The largest absolute Gasteiger partial charge is 0.457 e. The van der Waals surface area contributed by atoms with Crippen molar-refractivity contribution in [1.82, 2.24) is 0 Å². The Bertz CT molecular complexity index is 596. The Morgan fingerprint density at radius 3 is 2.61 bits per heavy atom. The van der Waals surface area contributed by atoms with Gasteiger partial charge in [0.25, 0.3) is 0 Å². The fourth-order valence-electron chi connectivity index (χ4n) is 1.85. The Labute approximate surface area is 107 Å². The monoisotopic (exact) mass is 237 g/mol. The molecule has 0 atom stereocenters. The molecule has 0 aliphatic heterocycles. The van der Waals surface area contributed by atoms with Crippen molar-refractivity contribution in [1.29, 1.82) is 5.26 Å². The number of rotatable bonds is 3. The van der Waals surface area contributed by atoms with Crippen LogP contribution in [0.1, 0.15) is 23.6 Å². The van der Waals surface area contributed by atoms with Gasteiger partial charge in [0.2, 0.25) is 0 Å². The highest BCUT2D eigenvalue weighted by molar-refractivity contribution is 5.44. The fourth-order valence-corrected chi connectivity index (χ4v) is 1.85. The summed E-state index contributed by atoms with van der Waals surface area (Å²) in [6.45, 7) is 4.02. The molecule has 2 aromatic carbocycles. The maximum atomic E-state index is 8.89. The smallest absolute Gasteiger partial charge is 0.130 e. The third-order valence-electron chi connectivity index (χ3n) is 2.90. The van der Waals surface area contributed by atoms with Crippen LogP contribution in [0.2, 0.25) is 0 Å². The van der Waals surface area contributed by atoms with Crippen molar-refractivity contribution in [2.45, 2.75) is 20.3 Å². The standard InChI is InChI=1S/C16H15NO/c1-3-13-6-4-5-7-16(13)18-15-9-8-14(11-17)12(2)10-15/h4-10H,3H2,1-2H3. The first-order valence-electron chi connectivity index (χ1n) is 6.01. The lowest BCUT2D eigenvalue weighted by molar-refractivity contribution is 0.476. The molecule has 18 heavy (non-hydrogen) atoms. The third-order valence-corrected chi connectivity index (χ3v) is 2.90. The summed E-state index contributed by atoms with van der Waals surface area (Å²) in [4.78, 5) is 0. The number of hydrogen-bond acceptors (Lipinski definition) is 2.